The van der Waals surface area contributed by atoms with Gasteiger partial charge in [0.15, 0.2) is 0 Å². The zero-order chi connectivity index (χ0) is 24.2. The Balaban J connectivity index is -0.000000231. The molecule has 0 rings (SSSR count). The number of alkyl halides is 8. The van der Waals surface area contributed by atoms with Gasteiger partial charge in [-0.25, -0.2) is 8.78 Å². The molecular formula is C14H30F8N2O6S2. The third kappa shape index (κ3) is 27.2. The largest absolute Gasteiger partial charge is 0.389 e. The van der Waals surface area contributed by atoms with E-state index in [-0.39, 0.29) is 50.8 Å². The van der Waals surface area contributed by atoms with Gasteiger partial charge in [0, 0.05) is 12.8 Å². The summed E-state index contributed by atoms with van der Waals surface area (Å²) in [4.78, 5) is 0. The van der Waals surface area contributed by atoms with Crippen LogP contribution in [0.1, 0.15) is 64.2 Å². The second-order valence-electron chi connectivity index (χ2n) is 6.28. The predicted molar refractivity (Wildman–Crippen MR) is 101 cm³/mol. The lowest BCUT2D eigenvalue weighted by molar-refractivity contribution is -0.136. The van der Waals surface area contributed by atoms with Crippen molar-refractivity contribution in [3.8, 4) is 0 Å². The first-order valence-corrected chi connectivity index (χ1v) is 11.6. The van der Waals surface area contributed by atoms with Gasteiger partial charge < -0.3 is 12.3 Å². The van der Waals surface area contributed by atoms with E-state index < -0.39 is 69.3 Å². The molecule has 2 unspecified atom stereocenters. The average Bonchev–Trinajstić information content (AvgIpc) is 2.50. The summed E-state index contributed by atoms with van der Waals surface area (Å²) in [6.45, 7) is 0. The minimum absolute atomic E-state index is 0. The molecule has 0 fully saturated rings. The lowest BCUT2D eigenvalue weighted by atomic mass is 10.1. The van der Waals surface area contributed by atoms with E-state index in [1.807, 2.05) is 0 Å². The van der Waals surface area contributed by atoms with Crippen LogP contribution in [0.5, 0.6) is 0 Å². The van der Waals surface area contributed by atoms with Crippen LogP contribution in [-0.4, -0.2) is 49.3 Å². The second-order valence-corrected chi connectivity index (χ2v) is 9.36. The number of rotatable bonds is 12. The van der Waals surface area contributed by atoms with E-state index in [4.69, 9.17) is 9.11 Å². The Labute approximate surface area is 181 Å². The first-order chi connectivity index (χ1) is 13.3. The summed E-state index contributed by atoms with van der Waals surface area (Å²) >= 11 is 0. The summed E-state index contributed by atoms with van der Waals surface area (Å²) in [6, 6.07) is 0. The summed E-state index contributed by atoms with van der Waals surface area (Å²) < 4.78 is 152. The average molecular weight is 539 g/mol. The van der Waals surface area contributed by atoms with Gasteiger partial charge in [0.1, 0.15) is 0 Å². The van der Waals surface area contributed by atoms with Gasteiger partial charge >= 0.3 is 12.4 Å². The smallest absolute Gasteiger partial charge is 0.344 e. The lowest BCUT2D eigenvalue weighted by Crippen LogP contribution is -2.14. The normalized spacial score (nSPS) is 14.3. The highest BCUT2D eigenvalue weighted by Crippen LogP contribution is 2.24. The molecule has 8 N–H and O–H groups in total. The molecule has 0 aliphatic rings. The van der Waals surface area contributed by atoms with Crippen molar-refractivity contribution in [1.82, 2.24) is 12.3 Å². The summed E-state index contributed by atoms with van der Waals surface area (Å²) in [7, 11) is -9.41. The van der Waals surface area contributed by atoms with Crippen LogP contribution in [0.25, 0.3) is 0 Å². The van der Waals surface area contributed by atoms with E-state index >= 15 is 0 Å². The van der Waals surface area contributed by atoms with Crippen LogP contribution < -0.4 is 12.3 Å². The van der Waals surface area contributed by atoms with Gasteiger partial charge in [-0.15, -0.1) is 0 Å². The minimum atomic E-state index is -4.71. The van der Waals surface area contributed by atoms with Crippen molar-refractivity contribution in [2.75, 3.05) is 0 Å². The molecule has 8 nitrogen and oxygen atoms in total. The molecule has 0 heterocycles. The van der Waals surface area contributed by atoms with Gasteiger partial charge in [-0.3, -0.25) is 9.11 Å². The van der Waals surface area contributed by atoms with Crippen LogP contribution in [0.2, 0.25) is 0 Å². The SMILES string of the molecule is N.N.O=S(=O)(O)C(F)CCCCCC(F)(F)F.O=S(=O)(O)C(F)CCCCCC(F)(F)F. The zero-order valence-corrected chi connectivity index (χ0v) is 18.6. The van der Waals surface area contributed by atoms with Gasteiger partial charge in [0.2, 0.25) is 11.0 Å². The van der Waals surface area contributed by atoms with Crippen molar-refractivity contribution in [3.63, 3.8) is 0 Å². The number of halogens is 8. The molecule has 0 aromatic heterocycles. The number of unbranched alkanes of at least 4 members (excludes halogenated alkanes) is 4. The van der Waals surface area contributed by atoms with Crippen LogP contribution in [0.15, 0.2) is 0 Å². The van der Waals surface area contributed by atoms with Crippen LogP contribution in [-0.2, 0) is 20.2 Å². The van der Waals surface area contributed by atoms with E-state index in [0.717, 1.165) is 0 Å². The van der Waals surface area contributed by atoms with Crippen molar-refractivity contribution in [2.45, 2.75) is 87.6 Å². The van der Waals surface area contributed by atoms with E-state index in [1.165, 1.54) is 0 Å². The maximum Gasteiger partial charge on any atom is 0.389 e. The Hall–Kier alpha value is -0.820. The Morgan fingerprint density at radius 1 is 0.562 bits per heavy atom. The van der Waals surface area contributed by atoms with Gasteiger partial charge in [0.25, 0.3) is 20.2 Å². The van der Waals surface area contributed by atoms with Crippen LogP contribution >= 0.6 is 0 Å². The molecule has 0 radical (unpaired) electrons. The highest BCUT2D eigenvalue weighted by molar-refractivity contribution is 7.86. The third-order valence-corrected chi connectivity index (χ3v) is 5.19. The molecule has 2 atom stereocenters. The first-order valence-electron chi connectivity index (χ1n) is 8.60. The van der Waals surface area contributed by atoms with Gasteiger partial charge in [-0.05, 0) is 38.5 Å². The molecule has 0 saturated heterocycles. The molecule has 0 aromatic carbocycles. The van der Waals surface area contributed by atoms with Crippen molar-refractivity contribution in [3.05, 3.63) is 0 Å². The van der Waals surface area contributed by atoms with E-state index in [9.17, 15) is 52.0 Å². The van der Waals surface area contributed by atoms with E-state index in [2.05, 4.69) is 0 Å². The quantitative estimate of drug-likeness (QED) is 0.139. The molecule has 0 bridgehead atoms. The highest BCUT2D eigenvalue weighted by atomic mass is 32.2. The van der Waals surface area contributed by atoms with E-state index in [0.29, 0.717) is 0 Å². The van der Waals surface area contributed by atoms with Crippen molar-refractivity contribution in [1.29, 1.82) is 0 Å². The molecule has 0 amide bonds. The Morgan fingerprint density at radius 2 is 0.812 bits per heavy atom. The standard InChI is InChI=1S/2C7H12F4O3S.2H3N/c2*8-6(15(12,13)14)4-2-1-3-5-7(9,10)11;;/h2*6H,1-5H2,(H,12,13,14);2*1H3. The van der Waals surface area contributed by atoms with Gasteiger partial charge in [-0.2, -0.15) is 43.2 Å². The Morgan fingerprint density at radius 3 is 1.00 bits per heavy atom. The van der Waals surface area contributed by atoms with Crippen molar-refractivity contribution >= 4 is 20.2 Å². The zero-order valence-electron chi connectivity index (χ0n) is 17.0. The number of hydrogen-bond donors (Lipinski definition) is 4. The molecule has 0 aliphatic heterocycles. The molecular weight excluding hydrogens is 508 g/mol. The Kier molecular flexibility index (Phi) is 20.1. The van der Waals surface area contributed by atoms with Crippen molar-refractivity contribution < 1.29 is 61.1 Å². The molecule has 18 heteroatoms. The monoisotopic (exact) mass is 538 g/mol. The maximum atomic E-state index is 12.5. The molecule has 0 aromatic rings. The van der Waals surface area contributed by atoms with Crippen LogP contribution in [0, 0.1) is 0 Å². The third-order valence-electron chi connectivity index (χ3n) is 3.43. The minimum Gasteiger partial charge on any atom is -0.344 e. The summed E-state index contributed by atoms with van der Waals surface area (Å²) in [5.41, 5.74) is -4.80. The fourth-order valence-corrected chi connectivity index (χ4v) is 2.84. The summed E-state index contributed by atoms with van der Waals surface area (Å²) in [5, 5.41) is 0. The van der Waals surface area contributed by atoms with E-state index in [1.54, 1.807) is 0 Å². The van der Waals surface area contributed by atoms with Crippen molar-refractivity contribution in [2.24, 2.45) is 0 Å². The molecule has 0 saturated carbocycles. The lowest BCUT2D eigenvalue weighted by Gasteiger charge is -2.06. The highest BCUT2D eigenvalue weighted by Gasteiger charge is 2.27. The second kappa shape index (κ2) is 16.7. The molecule has 0 aliphatic carbocycles. The fourth-order valence-electron chi connectivity index (χ4n) is 1.91. The predicted octanol–water partition coefficient (Wildman–Crippen LogP) is 5.69. The molecule has 200 valence electrons. The number of hydrogen-bond acceptors (Lipinski definition) is 6. The fraction of sp³-hybridized carbons (Fsp3) is 1.00. The van der Waals surface area contributed by atoms with Gasteiger partial charge in [-0.1, -0.05) is 12.8 Å². The van der Waals surface area contributed by atoms with Crippen LogP contribution in [0.4, 0.5) is 35.1 Å². The molecule has 32 heavy (non-hydrogen) atoms. The summed E-state index contributed by atoms with van der Waals surface area (Å²) in [5.74, 6) is 0. The van der Waals surface area contributed by atoms with Gasteiger partial charge in [0.05, 0.1) is 0 Å². The molecule has 0 spiro atoms. The first kappa shape index (κ1) is 38.4. The summed E-state index contributed by atoms with van der Waals surface area (Å²) in [6.07, 6.45) is -11.5. The maximum absolute atomic E-state index is 12.5. The van der Waals surface area contributed by atoms with Crippen LogP contribution in [0.3, 0.4) is 0 Å². The Bertz CT molecular complexity index is 614. The topological polar surface area (TPSA) is 179 Å².